The standard InChI is InChI=1S/C15H23ClN4O2S/c1-15(2,3)22-14(21)17-8-10-5-6-20(9-10)12-7-11(16)18-13(19-12)23-4/h7,10H,5-6,8-9H2,1-4H3,(H,17,21). The first-order valence-corrected chi connectivity index (χ1v) is 9.17. The third-order valence-electron chi connectivity index (χ3n) is 3.39. The summed E-state index contributed by atoms with van der Waals surface area (Å²) in [6, 6.07) is 1.78. The summed E-state index contributed by atoms with van der Waals surface area (Å²) in [7, 11) is 0. The van der Waals surface area contributed by atoms with Crippen LogP contribution in [-0.2, 0) is 4.74 Å². The molecule has 0 aromatic carbocycles. The Kier molecular flexibility index (Phi) is 5.97. The zero-order chi connectivity index (χ0) is 17.0. The topological polar surface area (TPSA) is 67.4 Å². The molecular formula is C15H23ClN4O2S. The first-order chi connectivity index (χ1) is 10.8. The van der Waals surface area contributed by atoms with Gasteiger partial charge in [-0.2, -0.15) is 0 Å². The molecule has 1 fully saturated rings. The van der Waals surface area contributed by atoms with Crippen LogP contribution in [0.15, 0.2) is 11.2 Å². The van der Waals surface area contributed by atoms with Crippen molar-refractivity contribution in [3.05, 3.63) is 11.2 Å². The van der Waals surface area contributed by atoms with Crippen LogP contribution in [0.1, 0.15) is 27.2 Å². The number of carbonyl (C=O) groups is 1. The minimum atomic E-state index is -0.474. The lowest BCUT2D eigenvalue weighted by atomic mass is 10.1. The van der Waals surface area contributed by atoms with Gasteiger partial charge in [-0.1, -0.05) is 23.4 Å². The van der Waals surface area contributed by atoms with Crippen LogP contribution < -0.4 is 10.2 Å². The van der Waals surface area contributed by atoms with Crippen LogP contribution in [0.25, 0.3) is 0 Å². The number of hydrogen-bond acceptors (Lipinski definition) is 6. The number of hydrogen-bond donors (Lipinski definition) is 1. The molecule has 1 aromatic heterocycles. The van der Waals surface area contributed by atoms with Crippen molar-refractivity contribution in [3.63, 3.8) is 0 Å². The number of carbonyl (C=O) groups excluding carboxylic acids is 1. The van der Waals surface area contributed by atoms with Crippen molar-refractivity contribution in [1.82, 2.24) is 15.3 Å². The largest absolute Gasteiger partial charge is 0.444 e. The first kappa shape index (κ1) is 18.1. The number of ether oxygens (including phenoxy) is 1. The van der Waals surface area contributed by atoms with E-state index in [1.807, 2.05) is 27.0 Å². The summed E-state index contributed by atoms with van der Waals surface area (Å²) in [5.41, 5.74) is -0.474. The number of alkyl carbamates (subject to hydrolysis) is 1. The van der Waals surface area contributed by atoms with Gasteiger partial charge in [-0.15, -0.1) is 0 Å². The SMILES string of the molecule is CSc1nc(Cl)cc(N2CCC(CNC(=O)OC(C)(C)C)C2)n1. The van der Waals surface area contributed by atoms with E-state index < -0.39 is 5.60 Å². The van der Waals surface area contributed by atoms with E-state index >= 15 is 0 Å². The summed E-state index contributed by atoms with van der Waals surface area (Å²) in [5, 5.41) is 3.96. The lowest BCUT2D eigenvalue weighted by Gasteiger charge is -2.21. The van der Waals surface area contributed by atoms with Crippen LogP contribution in [0.3, 0.4) is 0 Å². The van der Waals surface area contributed by atoms with E-state index in [-0.39, 0.29) is 6.09 Å². The molecule has 0 radical (unpaired) electrons. The number of aromatic nitrogens is 2. The van der Waals surface area contributed by atoms with Crippen LogP contribution in [0.4, 0.5) is 10.6 Å². The number of nitrogens with zero attached hydrogens (tertiary/aromatic N) is 3. The van der Waals surface area contributed by atoms with Crippen molar-refractivity contribution in [2.45, 2.75) is 37.9 Å². The smallest absolute Gasteiger partial charge is 0.407 e. The Morgan fingerprint density at radius 1 is 1.52 bits per heavy atom. The van der Waals surface area contributed by atoms with Crippen LogP contribution in [-0.4, -0.2) is 47.6 Å². The molecule has 2 heterocycles. The molecule has 8 heteroatoms. The van der Waals surface area contributed by atoms with Crippen molar-refractivity contribution in [2.24, 2.45) is 5.92 Å². The summed E-state index contributed by atoms with van der Waals surface area (Å²) in [5.74, 6) is 1.21. The fourth-order valence-electron chi connectivity index (χ4n) is 2.39. The molecule has 1 saturated heterocycles. The van der Waals surface area contributed by atoms with Gasteiger partial charge in [0.05, 0.1) is 0 Å². The van der Waals surface area contributed by atoms with Crippen molar-refractivity contribution >= 4 is 35.3 Å². The number of rotatable bonds is 4. The van der Waals surface area contributed by atoms with Crippen LogP contribution in [0, 0.1) is 5.92 Å². The van der Waals surface area contributed by atoms with Gasteiger partial charge in [-0.3, -0.25) is 0 Å². The highest BCUT2D eigenvalue weighted by molar-refractivity contribution is 7.98. The fourth-order valence-corrected chi connectivity index (χ4v) is 2.99. The van der Waals surface area contributed by atoms with Crippen molar-refractivity contribution in [1.29, 1.82) is 0 Å². The van der Waals surface area contributed by atoms with E-state index in [9.17, 15) is 4.79 Å². The second kappa shape index (κ2) is 7.57. The van der Waals surface area contributed by atoms with Crippen molar-refractivity contribution < 1.29 is 9.53 Å². The lowest BCUT2D eigenvalue weighted by molar-refractivity contribution is 0.0520. The Balaban J connectivity index is 1.87. The van der Waals surface area contributed by atoms with Crippen LogP contribution in [0.2, 0.25) is 5.15 Å². The second-order valence-electron chi connectivity index (χ2n) is 6.52. The molecule has 128 valence electrons. The van der Waals surface area contributed by atoms with Gasteiger partial charge in [-0.25, -0.2) is 14.8 Å². The van der Waals surface area contributed by atoms with E-state index in [4.69, 9.17) is 16.3 Å². The van der Waals surface area contributed by atoms with Gasteiger partial charge in [0, 0.05) is 25.7 Å². The molecule has 0 bridgehead atoms. The molecule has 23 heavy (non-hydrogen) atoms. The monoisotopic (exact) mass is 358 g/mol. The highest BCUT2D eigenvalue weighted by Gasteiger charge is 2.25. The molecule has 2 rings (SSSR count). The van der Waals surface area contributed by atoms with E-state index in [0.717, 1.165) is 25.3 Å². The van der Waals surface area contributed by atoms with Crippen LogP contribution in [0.5, 0.6) is 0 Å². The first-order valence-electron chi connectivity index (χ1n) is 7.57. The summed E-state index contributed by atoms with van der Waals surface area (Å²) < 4.78 is 5.25. The molecule has 1 unspecified atom stereocenters. The van der Waals surface area contributed by atoms with Gasteiger partial charge in [0.1, 0.15) is 16.6 Å². The minimum Gasteiger partial charge on any atom is -0.444 e. The summed E-state index contributed by atoms with van der Waals surface area (Å²) in [6.07, 6.45) is 2.55. The van der Waals surface area contributed by atoms with Gasteiger partial charge < -0.3 is 15.0 Å². The Bertz CT molecular complexity index is 565. The molecule has 1 aliphatic rings. The highest BCUT2D eigenvalue weighted by atomic mass is 35.5. The summed E-state index contributed by atoms with van der Waals surface area (Å²) in [6.45, 7) is 7.88. The maximum absolute atomic E-state index is 11.7. The van der Waals surface area contributed by atoms with Gasteiger partial charge in [0.15, 0.2) is 5.16 Å². The number of halogens is 1. The number of anilines is 1. The Hall–Kier alpha value is -1.21. The summed E-state index contributed by atoms with van der Waals surface area (Å²) in [4.78, 5) is 22.5. The van der Waals surface area contributed by atoms with E-state index in [0.29, 0.717) is 22.8 Å². The normalized spacial score (nSPS) is 18.1. The zero-order valence-electron chi connectivity index (χ0n) is 13.9. The molecule has 6 nitrogen and oxygen atoms in total. The molecule has 1 atom stereocenters. The predicted octanol–water partition coefficient (Wildman–Crippen LogP) is 3.20. The summed E-state index contributed by atoms with van der Waals surface area (Å²) >= 11 is 7.51. The van der Waals surface area contributed by atoms with Crippen molar-refractivity contribution in [2.75, 3.05) is 30.8 Å². The third kappa shape index (κ3) is 5.73. The zero-order valence-corrected chi connectivity index (χ0v) is 15.5. The van der Waals surface area contributed by atoms with Crippen molar-refractivity contribution in [3.8, 4) is 0 Å². The fraction of sp³-hybridized carbons (Fsp3) is 0.667. The molecule has 0 aliphatic carbocycles. The van der Waals surface area contributed by atoms with Crippen LogP contribution >= 0.6 is 23.4 Å². The molecule has 1 aromatic rings. The van der Waals surface area contributed by atoms with E-state index in [1.165, 1.54) is 11.8 Å². The third-order valence-corrected chi connectivity index (χ3v) is 4.13. The Morgan fingerprint density at radius 3 is 2.91 bits per heavy atom. The lowest BCUT2D eigenvalue weighted by Crippen LogP contribution is -2.36. The average molecular weight is 359 g/mol. The number of thioether (sulfide) groups is 1. The molecular weight excluding hydrogens is 336 g/mol. The van der Waals surface area contributed by atoms with E-state index in [2.05, 4.69) is 20.2 Å². The minimum absolute atomic E-state index is 0.369. The quantitative estimate of drug-likeness (QED) is 0.506. The number of nitrogens with one attached hydrogen (secondary N) is 1. The van der Waals surface area contributed by atoms with E-state index in [1.54, 1.807) is 6.07 Å². The molecule has 1 amide bonds. The molecule has 1 N–H and O–H groups in total. The van der Waals surface area contributed by atoms with Gasteiger partial charge in [0.25, 0.3) is 0 Å². The number of amides is 1. The maximum atomic E-state index is 11.7. The van der Waals surface area contributed by atoms with Gasteiger partial charge in [-0.05, 0) is 39.4 Å². The Labute approximate surface area is 146 Å². The molecule has 0 saturated carbocycles. The highest BCUT2D eigenvalue weighted by Crippen LogP contribution is 2.25. The maximum Gasteiger partial charge on any atom is 0.407 e. The predicted molar refractivity (Wildman–Crippen MR) is 93.4 cm³/mol. The van der Waals surface area contributed by atoms with Gasteiger partial charge >= 0.3 is 6.09 Å². The Morgan fingerprint density at radius 2 is 2.26 bits per heavy atom. The van der Waals surface area contributed by atoms with Gasteiger partial charge in [0.2, 0.25) is 0 Å². The average Bonchev–Trinajstić information content (AvgIpc) is 2.91. The molecule has 1 aliphatic heterocycles. The second-order valence-corrected chi connectivity index (χ2v) is 7.68. The molecule has 0 spiro atoms.